The smallest absolute Gasteiger partial charge is 0.245 e. The number of aryl methyl sites for hydroxylation is 2. The van der Waals surface area contributed by atoms with Crippen LogP contribution >= 0.6 is 0 Å². The van der Waals surface area contributed by atoms with Crippen LogP contribution in [-0.4, -0.2) is 33.6 Å². The van der Waals surface area contributed by atoms with E-state index >= 15 is 0 Å². The summed E-state index contributed by atoms with van der Waals surface area (Å²) in [6.45, 7) is 4.53. The molecule has 1 heterocycles. The van der Waals surface area contributed by atoms with Crippen molar-refractivity contribution in [2.24, 2.45) is 5.73 Å². The van der Waals surface area contributed by atoms with Gasteiger partial charge in [-0.05, 0) is 26.7 Å². The summed E-state index contributed by atoms with van der Waals surface area (Å²) in [6, 6.07) is 0.498. The second-order valence-corrected chi connectivity index (χ2v) is 4.48. The minimum atomic E-state index is 0.201. The Morgan fingerprint density at radius 1 is 1.35 bits per heavy atom. The van der Waals surface area contributed by atoms with E-state index in [-0.39, 0.29) is 5.84 Å². The molecule has 0 saturated heterocycles. The van der Waals surface area contributed by atoms with Gasteiger partial charge < -0.3 is 10.6 Å². The summed E-state index contributed by atoms with van der Waals surface area (Å²) in [4.78, 5) is 6.57. The molecule has 17 heavy (non-hydrogen) atoms. The normalized spacial score (nSPS) is 14.7. The molecule has 1 aromatic rings. The first-order valence-electron chi connectivity index (χ1n) is 5.85. The zero-order valence-electron chi connectivity index (χ0n) is 10.3. The minimum Gasteiger partial charge on any atom is -0.388 e. The number of anilines is 1. The summed E-state index contributed by atoms with van der Waals surface area (Å²) < 4.78 is 0. The Bertz CT molecular complexity index is 426. The number of hydrogen-bond acceptors (Lipinski definition) is 5. The number of aromatic nitrogens is 3. The molecule has 1 aromatic heterocycles. The maximum Gasteiger partial charge on any atom is 0.245 e. The molecule has 1 fully saturated rings. The molecule has 1 aliphatic carbocycles. The highest BCUT2D eigenvalue weighted by Crippen LogP contribution is 2.29. The molecule has 0 aliphatic heterocycles. The maximum atomic E-state index is 7.28. The van der Waals surface area contributed by atoms with E-state index in [0.29, 0.717) is 25.0 Å². The standard InChI is InChI=1S/C11H18N6/c1-7-8(2)15-16-11(14-7)17(9-3-4-9)6-5-10(12)13/h9H,3-6H2,1-2H3,(H3,12,13). The van der Waals surface area contributed by atoms with E-state index in [9.17, 15) is 0 Å². The molecule has 0 unspecified atom stereocenters. The van der Waals surface area contributed by atoms with Crippen LogP contribution in [0.5, 0.6) is 0 Å². The highest BCUT2D eigenvalue weighted by Gasteiger charge is 2.31. The molecule has 0 amide bonds. The number of rotatable bonds is 5. The Labute approximate surface area is 101 Å². The van der Waals surface area contributed by atoms with Gasteiger partial charge in [-0.2, -0.15) is 5.10 Å². The first-order chi connectivity index (χ1) is 8.08. The van der Waals surface area contributed by atoms with Gasteiger partial charge in [0.05, 0.1) is 17.2 Å². The van der Waals surface area contributed by atoms with Gasteiger partial charge >= 0.3 is 0 Å². The fraction of sp³-hybridized carbons (Fsp3) is 0.636. The van der Waals surface area contributed by atoms with Crippen molar-refractivity contribution in [3.05, 3.63) is 11.4 Å². The van der Waals surface area contributed by atoms with E-state index in [2.05, 4.69) is 20.1 Å². The minimum absolute atomic E-state index is 0.201. The molecule has 1 aliphatic rings. The molecule has 0 radical (unpaired) electrons. The lowest BCUT2D eigenvalue weighted by atomic mass is 10.3. The van der Waals surface area contributed by atoms with Gasteiger partial charge in [0.25, 0.3) is 0 Å². The SMILES string of the molecule is Cc1nnc(N(CCC(=N)N)C2CC2)nc1C. The molecule has 0 atom stereocenters. The van der Waals surface area contributed by atoms with E-state index in [0.717, 1.165) is 24.2 Å². The van der Waals surface area contributed by atoms with Crippen LogP contribution < -0.4 is 10.6 Å². The first-order valence-corrected chi connectivity index (χ1v) is 5.85. The fourth-order valence-corrected chi connectivity index (χ4v) is 1.64. The lowest BCUT2D eigenvalue weighted by molar-refractivity contribution is 0.734. The fourth-order valence-electron chi connectivity index (χ4n) is 1.64. The monoisotopic (exact) mass is 234 g/mol. The van der Waals surface area contributed by atoms with Gasteiger partial charge in [0.15, 0.2) is 0 Å². The van der Waals surface area contributed by atoms with Crippen molar-refractivity contribution in [3.8, 4) is 0 Å². The highest BCUT2D eigenvalue weighted by atomic mass is 15.3. The third kappa shape index (κ3) is 2.89. The van der Waals surface area contributed by atoms with Gasteiger partial charge in [-0.15, -0.1) is 5.10 Å². The van der Waals surface area contributed by atoms with Gasteiger partial charge in [-0.25, -0.2) is 4.98 Å². The molecule has 6 nitrogen and oxygen atoms in total. The Hall–Kier alpha value is -1.72. The van der Waals surface area contributed by atoms with Crippen LogP contribution in [0, 0.1) is 19.3 Å². The third-order valence-corrected chi connectivity index (χ3v) is 2.95. The summed E-state index contributed by atoms with van der Waals surface area (Å²) in [7, 11) is 0. The molecule has 0 aromatic carbocycles. The number of amidine groups is 1. The van der Waals surface area contributed by atoms with Crippen LogP contribution in [0.2, 0.25) is 0 Å². The summed E-state index contributed by atoms with van der Waals surface area (Å²) >= 11 is 0. The highest BCUT2D eigenvalue weighted by molar-refractivity contribution is 5.77. The lowest BCUT2D eigenvalue weighted by Crippen LogP contribution is -2.31. The van der Waals surface area contributed by atoms with Crippen LogP contribution in [0.25, 0.3) is 0 Å². The van der Waals surface area contributed by atoms with Crippen LogP contribution in [0.3, 0.4) is 0 Å². The molecular weight excluding hydrogens is 216 g/mol. The Kier molecular flexibility index (Phi) is 3.21. The van der Waals surface area contributed by atoms with Crippen molar-refractivity contribution in [2.45, 2.75) is 39.2 Å². The molecule has 92 valence electrons. The van der Waals surface area contributed by atoms with Gasteiger partial charge in [0.1, 0.15) is 0 Å². The Morgan fingerprint density at radius 2 is 2.06 bits per heavy atom. The van der Waals surface area contributed by atoms with Crippen LogP contribution in [0.4, 0.5) is 5.95 Å². The first kappa shape index (κ1) is 11.8. The van der Waals surface area contributed by atoms with Crippen molar-refractivity contribution in [3.63, 3.8) is 0 Å². The van der Waals surface area contributed by atoms with Gasteiger partial charge in [0, 0.05) is 19.0 Å². The topological polar surface area (TPSA) is 91.8 Å². The van der Waals surface area contributed by atoms with Crippen LogP contribution in [0.1, 0.15) is 30.7 Å². The zero-order valence-corrected chi connectivity index (χ0v) is 10.3. The summed E-state index contributed by atoms with van der Waals surface area (Å²) in [5.41, 5.74) is 7.16. The number of nitrogens with two attached hydrogens (primary N) is 1. The molecule has 6 heteroatoms. The quantitative estimate of drug-likeness (QED) is 0.580. The molecule has 0 bridgehead atoms. The molecule has 1 saturated carbocycles. The number of nitrogens with zero attached hydrogens (tertiary/aromatic N) is 4. The number of hydrogen-bond donors (Lipinski definition) is 2. The average Bonchev–Trinajstić information content (AvgIpc) is 3.07. The van der Waals surface area contributed by atoms with Gasteiger partial charge in [-0.3, -0.25) is 5.41 Å². The Morgan fingerprint density at radius 3 is 2.59 bits per heavy atom. The van der Waals surface area contributed by atoms with E-state index in [1.165, 1.54) is 0 Å². The molecule has 2 rings (SSSR count). The van der Waals surface area contributed by atoms with E-state index in [4.69, 9.17) is 11.1 Å². The maximum absolute atomic E-state index is 7.28. The lowest BCUT2D eigenvalue weighted by Gasteiger charge is -2.21. The largest absolute Gasteiger partial charge is 0.388 e. The van der Waals surface area contributed by atoms with Crippen molar-refractivity contribution < 1.29 is 0 Å². The molecular formula is C11H18N6. The second-order valence-electron chi connectivity index (χ2n) is 4.48. The Balaban J connectivity index is 2.14. The van der Waals surface area contributed by atoms with E-state index in [1.807, 2.05) is 13.8 Å². The zero-order chi connectivity index (χ0) is 12.4. The van der Waals surface area contributed by atoms with Crippen LogP contribution in [0.15, 0.2) is 0 Å². The van der Waals surface area contributed by atoms with Crippen molar-refractivity contribution in [2.75, 3.05) is 11.4 Å². The van der Waals surface area contributed by atoms with Crippen LogP contribution in [-0.2, 0) is 0 Å². The predicted octanol–water partition coefficient (Wildman–Crippen LogP) is 0.783. The molecule has 0 spiro atoms. The summed E-state index contributed by atoms with van der Waals surface area (Å²) in [5, 5.41) is 15.5. The van der Waals surface area contributed by atoms with E-state index < -0.39 is 0 Å². The third-order valence-electron chi connectivity index (χ3n) is 2.95. The van der Waals surface area contributed by atoms with Crippen molar-refractivity contribution in [1.82, 2.24) is 15.2 Å². The average molecular weight is 234 g/mol. The van der Waals surface area contributed by atoms with Crippen molar-refractivity contribution in [1.29, 1.82) is 5.41 Å². The summed E-state index contributed by atoms with van der Waals surface area (Å²) in [5.74, 6) is 0.865. The van der Waals surface area contributed by atoms with E-state index in [1.54, 1.807) is 0 Å². The second kappa shape index (κ2) is 4.65. The molecule has 3 N–H and O–H groups in total. The van der Waals surface area contributed by atoms with Gasteiger partial charge in [0.2, 0.25) is 5.95 Å². The summed E-state index contributed by atoms with van der Waals surface area (Å²) in [6.07, 6.45) is 2.87. The number of nitrogens with one attached hydrogen (secondary N) is 1. The predicted molar refractivity (Wildman–Crippen MR) is 66.2 cm³/mol. The van der Waals surface area contributed by atoms with Gasteiger partial charge in [-0.1, -0.05) is 0 Å². The van der Waals surface area contributed by atoms with Crippen molar-refractivity contribution >= 4 is 11.8 Å².